The maximum atomic E-state index is 13.0. The highest BCUT2D eigenvalue weighted by atomic mass is 19.1. The Labute approximate surface area is 121 Å². The highest BCUT2D eigenvalue weighted by Crippen LogP contribution is 2.39. The van der Waals surface area contributed by atoms with E-state index in [4.69, 9.17) is 10.5 Å². The lowest BCUT2D eigenvalue weighted by Crippen LogP contribution is -2.44. The van der Waals surface area contributed by atoms with Gasteiger partial charge in [0.15, 0.2) is 11.9 Å². The van der Waals surface area contributed by atoms with E-state index in [9.17, 15) is 9.18 Å². The van der Waals surface area contributed by atoms with Gasteiger partial charge in [-0.15, -0.1) is 0 Å². The van der Waals surface area contributed by atoms with Crippen LogP contribution in [0.4, 0.5) is 15.8 Å². The lowest BCUT2D eigenvalue weighted by atomic mass is 10.1. The molecule has 5 heteroatoms. The van der Waals surface area contributed by atoms with E-state index in [-0.39, 0.29) is 11.7 Å². The molecule has 3 rings (SSSR count). The van der Waals surface area contributed by atoms with Gasteiger partial charge < -0.3 is 15.4 Å². The average molecular weight is 286 g/mol. The summed E-state index contributed by atoms with van der Waals surface area (Å²) in [5, 5.41) is 0. The molecule has 0 saturated heterocycles. The molecule has 0 fully saturated rings. The molecule has 21 heavy (non-hydrogen) atoms. The number of hydrogen-bond donors (Lipinski definition) is 1. The van der Waals surface area contributed by atoms with Gasteiger partial charge in [0.2, 0.25) is 0 Å². The molecule has 4 nitrogen and oxygen atoms in total. The predicted octanol–water partition coefficient (Wildman–Crippen LogP) is 2.72. The summed E-state index contributed by atoms with van der Waals surface area (Å²) in [4.78, 5) is 14.0. The molecule has 0 spiro atoms. The van der Waals surface area contributed by atoms with Gasteiger partial charge in [-0.2, -0.15) is 0 Å². The minimum Gasteiger partial charge on any atom is -0.477 e. The van der Waals surface area contributed by atoms with E-state index in [1.807, 2.05) is 0 Å². The quantitative estimate of drug-likeness (QED) is 0.864. The number of nitrogens with zero attached hydrogens (tertiary/aromatic N) is 1. The number of carbonyl (C=O) groups excluding carboxylic acids is 1. The molecule has 1 heterocycles. The van der Waals surface area contributed by atoms with Crippen LogP contribution in [0.5, 0.6) is 5.75 Å². The summed E-state index contributed by atoms with van der Waals surface area (Å²) in [6.07, 6.45) is -0.595. The monoisotopic (exact) mass is 286 g/mol. The van der Waals surface area contributed by atoms with Gasteiger partial charge in [-0.1, -0.05) is 18.2 Å². The van der Waals surface area contributed by atoms with E-state index in [0.717, 1.165) is 5.56 Å². The molecule has 2 N–H and O–H groups in total. The first-order chi connectivity index (χ1) is 10.1. The van der Waals surface area contributed by atoms with Crippen LogP contribution in [0.15, 0.2) is 42.5 Å². The molecule has 108 valence electrons. The lowest BCUT2D eigenvalue weighted by Gasteiger charge is -2.33. The SMILES string of the molecule is C[C@H]1Oc2c(N)cccc2N(Cc2ccc(F)cc2)C1=O. The van der Waals surface area contributed by atoms with Crippen LogP contribution >= 0.6 is 0 Å². The molecule has 1 amide bonds. The van der Waals surface area contributed by atoms with Crippen molar-refractivity contribution in [3.05, 3.63) is 53.8 Å². The van der Waals surface area contributed by atoms with Crippen molar-refractivity contribution in [2.45, 2.75) is 19.6 Å². The Morgan fingerprint density at radius 1 is 1.24 bits per heavy atom. The maximum absolute atomic E-state index is 13.0. The molecule has 1 atom stereocenters. The molecule has 0 radical (unpaired) electrons. The highest BCUT2D eigenvalue weighted by Gasteiger charge is 2.32. The van der Waals surface area contributed by atoms with Gasteiger partial charge in [0.05, 0.1) is 17.9 Å². The summed E-state index contributed by atoms with van der Waals surface area (Å²) in [6.45, 7) is 2.04. The number of benzene rings is 2. The zero-order chi connectivity index (χ0) is 15.0. The highest BCUT2D eigenvalue weighted by molar-refractivity contribution is 6.00. The van der Waals surface area contributed by atoms with Crippen LogP contribution in [0, 0.1) is 5.82 Å². The number of hydrogen-bond acceptors (Lipinski definition) is 3. The van der Waals surface area contributed by atoms with Crippen LogP contribution in [0.2, 0.25) is 0 Å². The van der Waals surface area contributed by atoms with Gasteiger partial charge in [-0.05, 0) is 36.8 Å². The van der Waals surface area contributed by atoms with Crippen LogP contribution in [-0.4, -0.2) is 12.0 Å². The first-order valence-electron chi connectivity index (χ1n) is 6.67. The Morgan fingerprint density at radius 3 is 2.67 bits per heavy atom. The Hall–Kier alpha value is -2.56. The maximum Gasteiger partial charge on any atom is 0.268 e. The van der Waals surface area contributed by atoms with Crippen molar-refractivity contribution in [2.24, 2.45) is 0 Å². The second-order valence-corrected chi connectivity index (χ2v) is 5.01. The van der Waals surface area contributed by atoms with Crippen molar-refractivity contribution < 1.29 is 13.9 Å². The number of ether oxygens (including phenoxy) is 1. The van der Waals surface area contributed by atoms with Gasteiger partial charge >= 0.3 is 0 Å². The molecule has 0 bridgehead atoms. The normalized spacial score (nSPS) is 17.3. The average Bonchev–Trinajstić information content (AvgIpc) is 2.47. The molecule has 0 aliphatic carbocycles. The lowest BCUT2D eigenvalue weighted by molar-refractivity contribution is -0.125. The van der Waals surface area contributed by atoms with Crippen molar-refractivity contribution in [3.63, 3.8) is 0 Å². The van der Waals surface area contributed by atoms with Crippen molar-refractivity contribution in [1.29, 1.82) is 0 Å². The minimum atomic E-state index is -0.595. The van der Waals surface area contributed by atoms with Crippen LogP contribution in [0.3, 0.4) is 0 Å². The van der Waals surface area contributed by atoms with E-state index >= 15 is 0 Å². The van der Waals surface area contributed by atoms with E-state index in [1.54, 1.807) is 42.2 Å². The number of anilines is 2. The fourth-order valence-corrected chi connectivity index (χ4v) is 2.38. The van der Waals surface area contributed by atoms with Gasteiger partial charge in [-0.3, -0.25) is 4.79 Å². The Kier molecular flexibility index (Phi) is 3.25. The van der Waals surface area contributed by atoms with E-state index in [2.05, 4.69) is 0 Å². The zero-order valence-electron chi connectivity index (χ0n) is 11.5. The van der Waals surface area contributed by atoms with E-state index < -0.39 is 6.10 Å². The summed E-state index contributed by atoms with van der Waals surface area (Å²) < 4.78 is 18.6. The largest absolute Gasteiger partial charge is 0.477 e. The summed E-state index contributed by atoms with van der Waals surface area (Å²) in [5.41, 5.74) is 7.89. The molecule has 0 unspecified atom stereocenters. The summed E-state index contributed by atoms with van der Waals surface area (Å²) in [6, 6.07) is 11.4. The fraction of sp³-hybridized carbons (Fsp3) is 0.188. The molecule has 1 aliphatic rings. The van der Waals surface area contributed by atoms with Crippen molar-refractivity contribution in [2.75, 3.05) is 10.6 Å². The third-order valence-electron chi connectivity index (χ3n) is 3.48. The summed E-state index contributed by atoms with van der Waals surface area (Å²) in [5.74, 6) is 0.0780. The third-order valence-corrected chi connectivity index (χ3v) is 3.48. The van der Waals surface area contributed by atoms with Crippen molar-refractivity contribution in [3.8, 4) is 5.75 Å². The molecule has 2 aromatic carbocycles. The Bertz CT molecular complexity index is 685. The van der Waals surface area contributed by atoms with Crippen molar-refractivity contribution >= 4 is 17.3 Å². The van der Waals surface area contributed by atoms with Crippen LogP contribution < -0.4 is 15.4 Å². The number of nitrogen functional groups attached to an aromatic ring is 1. The number of amides is 1. The minimum absolute atomic E-state index is 0.141. The third kappa shape index (κ3) is 2.42. The van der Waals surface area contributed by atoms with E-state index in [1.165, 1.54) is 12.1 Å². The molecule has 1 aliphatic heterocycles. The molecular formula is C16H15FN2O2. The zero-order valence-corrected chi connectivity index (χ0v) is 11.5. The van der Waals surface area contributed by atoms with Gasteiger partial charge in [0.25, 0.3) is 5.91 Å². The van der Waals surface area contributed by atoms with Crippen molar-refractivity contribution in [1.82, 2.24) is 0 Å². The van der Waals surface area contributed by atoms with Gasteiger partial charge in [-0.25, -0.2) is 4.39 Å². The fourth-order valence-electron chi connectivity index (χ4n) is 2.38. The molecular weight excluding hydrogens is 271 g/mol. The molecule has 0 aromatic heterocycles. The number of fused-ring (bicyclic) bond motifs is 1. The Morgan fingerprint density at radius 2 is 1.95 bits per heavy atom. The summed E-state index contributed by atoms with van der Waals surface area (Å²) in [7, 11) is 0. The summed E-state index contributed by atoms with van der Waals surface area (Å²) >= 11 is 0. The number of nitrogens with two attached hydrogens (primary N) is 1. The van der Waals surface area contributed by atoms with Gasteiger partial charge in [0.1, 0.15) is 5.82 Å². The van der Waals surface area contributed by atoms with Crippen LogP contribution in [-0.2, 0) is 11.3 Å². The topological polar surface area (TPSA) is 55.6 Å². The van der Waals surface area contributed by atoms with Gasteiger partial charge in [0, 0.05) is 0 Å². The Balaban J connectivity index is 1.99. The standard InChI is InChI=1S/C16H15FN2O2/c1-10-16(20)19(9-11-5-7-12(17)8-6-11)14-4-2-3-13(18)15(14)21-10/h2-8,10H,9,18H2,1H3/t10-/m1/s1. The number of halogens is 1. The van der Waals surface area contributed by atoms with Crippen LogP contribution in [0.1, 0.15) is 12.5 Å². The molecule has 0 saturated carbocycles. The number of carbonyl (C=O) groups is 1. The predicted molar refractivity (Wildman–Crippen MR) is 78.5 cm³/mol. The second-order valence-electron chi connectivity index (χ2n) is 5.01. The first kappa shape index (κ1) is 13.4. The molecule has 2 aromatic rings. The number of rotatable bonds is 2. The first-order valence-corrected chi connectivity index (χ1v) is 6.67. The van der Waals surface area contributed by atoms with E-state index in [0.29, 0.717) is 23.7 Å². The second kappa shape index (κ2) is 5.09. The van der Waals surface area contributed by atoms with Crippen LogP contribution in [0.25, 0.3) is 0 Å². The smallest absolute Gasteiger partial charge is 0.268 e. The number of para-hydroxylation sites is 1.